The first-order valence-corrected chi connectivity index (χ1v) is 36.2. The van der Waals surface area contributed by atoms with Crippen molar-refractivity contribution >= 4 is 19.8 Å². The van der Waals surface area contributed by atoms with E-state index in [0.29, 0.717) is 23.9 Å². The fraction of sp³-hybridized carbons (Fsp3) is 0.886. The van der Waals surface area contributed by atoms with Crippen LogP contribution in [-0.2, 0) is 32.7 Å². The summed E-state index contributed by atoms with van der Waals surface area (Å²) < 4.78 is 34.7. The summed E-state index contributed by atoms with van der Waals surface area (Å²) in [5, 5.41) is 0. The minimum Gasteiger partial charge on any atom is -0.462 e. The van der Waals surface area contributed by atoms with Gasteiger partial charge < -0.3 is 18.9 Å². The Morgan fingerprint density at radius 3 is 1.00 bits per heavy atom. The average molecular weight is 1150 g/mol. The van der Waals surface area contributed by atoms with Crippen molar-refractivity contribution in [3.63, 3.8) is 0 Å². The number of ether oxygens (including phenoxy) is 2. The third kappa shape index (κ3) is 65.4. The van der Waals surface area contributed by atoms with Gasteiger partial charge in [0.25, 0.3) is 0 Å². The lowest BCUT2D eigenvalue weighted by molar-refractivity contribution is -0.870. The highest BCUT2D eigenvalue weighted by atomic mass is 31.2. The molecule has 10 heteroatoms. The first-order valence-electron chi connectivity index (χ1n) is 34.7. The minimum absolute atomic E-state index is 0.0344. The van der Waals surface area contributed by atoms with E-state index in [0.717, 1.165) is 44.9 Å². The molecule has 0 spiro atoms. The molecule has 0 aliphatic carbocycles. The molecule has 2 unspecified atom stereocenters. The van der Waals surface area contributed by atoms with Gasteiger partial charge in [-0.2, -0.15) is 0 Å². The number of carbonyl (C=O) groups excluding carboxylic acids is 2. The fourth-order valence-electron chi connectivity index (χ4n) is 10.3. The molecule has 1 N–H and O–H groups in total. The molecule has 0 radical (unpaired) electrons. The summed E-state index contributed by atoms with van der Waals surface area (Å²) in [6, 6.07) is 0. The first kappa shape index (κ1) is 78.2. The molecule has 0 aromatic heterocycles. The molecule has 2 atom stereocenters. The van der Waals surface area contributed by atoms with Gasteiger partial charge in [0.1, 0.15) is 19.8 Å². The zero-order valence-corrected chi connectivity index (χ0v) is 54.7. The van der Waals surface area contributed by atoms with Gasteiger partial charge in [0.2, 0.25) is 0 Å². The van der Waals surface area contributed by atoms with Gasteiger partial charge in [-0.05, 0) is 51.4 Å². The second-order valence-corrected chi connectivity index (χ2v) is 26.4. The van der Waals surface area contributed by atoms with Gasteiger partial charge >= 0.3 is 19.8 Å². The predicted octanol–water partition coefficient (Wildman–Crippen LogP) is 22.3. The zero-order chi connectivity index (χ0) is 58.4. The van der Waals surface area contributed by atoms with Crippen LogP contribution in [0, 0.1) is 0 Å². The van der Waals surface area contributed by atoms with Crippen molar-refractivity contribution in [3.05, 3.63) is 36.5 Å². The normalized spacial score (nSPS) is 13.3. The van der Waals surface area contributed by atoms with E-state index in [2.05, 4.69) is 50.3 Å². The van der Waals surface area contributed by atoms with Crippen LogP contribution in [0.2, 0.25) is 0 Å². The van der Waals surface area contributed by atoms with Crippen LogP contribution in [0.4, 0.5) is 0 Å². The van der Waals surface area contributed by atoms with E-state index in [1.54, 1.807) is 0 Å². The van der Waals surface area contributed by atoms with Crippen molar-refractivity contribution in [2.45, 2.75) is 354 Å². The highest BCUT2D eigenvalue weighted by Gasteiger charge is 2.27. The van der Waals surface area contributed by atoms with E-state index in [9.17, 15) is 19.0 Å². The number of unbranched alkanes of at least 4 members (excludes halogenated alkanes) is 45. The second kappa shape index (κ2) is 61.8. The zero-order valence-electron chi connectivity index (χ0n) is 53.8. The van der Waals surface area contributed by atoms with Gasteiger partial charge in [-0.15, -0.1) is 0 Å². The predicted molar refractivity (Wildman–Crippen MR) is 344 cm³/mol. The van der Waals surface area contributed by atoms with Crippen molar-refractivity contribution < 1.29 is 42.1 Å². The Morgan fingerprint density at radius 1 is 0.388 bits per heavy atom. The van der Waals surface area contributed by atoms with Crippen molar-refractivity contribution in [1.82, 2.24) is 0 Å². The smallest absolute Gasteiger partial charge is 0.462 e. The number of phosphoric ester groups is 1. The molecule has 0 fully saturated rings. The Labute approximate surface area is 497 Å². The maximum absolute atomic E-state index is 12.9. The number of allylic oxidation sites excluding steroid dienone is 6. The molecule has 80 heavy (non-hydrogen) atoms. The third-order valence-corrected chi connectivity index (χ3v) is 16.7. The van der Waals surface area contributed by atoms with E-state index >= 15 is 0 Å². The summed E-state index contributed by atoms with van der Waals surface area (Å²) in [6.45, 7) is 4.49. The number of phosphoric acid groups is 1. The van der Waals surface area contributed by atoms with E-state index in [-0.39, 0.29) is 25.6 Å². The number of likely N-dealkylation sites (N-methyl/N-ethyl adjacent to an activating group) is 1. The van der Waals surface area contributed by atoms with Crippen LogP contribution < -0.4 is 0 Å². The van der Waals surface area contributed by atoms with E-state index in [4.69, 9.17) is 18.5 Å². The van der Waals surface area contributed by atoms with E-state index in [1.165, 1.54) is 270 Å². The average Bonchev–Trinajstić information content (AvgIpc) is 3.42. The number of carbonyl (C=O) groups is 2. The molecule has 0 aliphatic rings. The van der Waals surface area contributed by atoms with Crippen LogP contribution in [0.5, 0.6) is 0 Å². The molecule has 0 bridgehead atoms. The summed E-state index contributed by atoms with van der Waals surface area (Å²) >= 11 is 0. The number of hydrogen-bond acceptors (Lipinski definition) is 7. The fourth-order valence-corrected chi connectivity index (χ4v) is 11.1. The molecule has 0 saturated carbocycles. The van der Waals surface area contributed by atoms with Crippen LogP contribution in [-0.4, -0.2) is 74.9 Å². The van der Waals surface area contributed by atoms with Crippen molar-refractivity contribution in [2.24, 2.45) is 0 Å². The number of esters is 2. The largest absolute Gasteiger partial charge is 0.472 e. The summed E-state index contributed by atoms with van der Waals surface area (Å²) in [5.41, 5.74) is 0. The molecular weight excluding hydrogens is 1010 g/mol. The Balaban J connectivity index is 4.01. The van der Waals surface area contributed by atoms with E-state index in [1.807, 2.05) is 21.1 Å². The minimum atomic E-state index is -4.39. The SMILES string of the molecule is CCCCCCC/C=C\C/C=C\C/C=C\CCCCCCCCCCCCCCCCCCC(=O)OC(COC(=O)CCCCCCCCCCCCCCCCCCCCCCCCCCC)COP(=O)(O)OCC[N+](C)(C)C. The van der Waals surface area contributed by atoms with Crippen LogP contribution in [0.15, 0.2) is 36.5 Å². The van der Waals surface area contributed by atoms with Crippen molar-refractivity contribution in [2.75, 3.05) is 47.5 Å². The van der Waals surface area contributed by atoms with Gasteiger partial charge in [0.05, 0.1) is 27.7 Å². The number of nitrogens with zero attached hydrogens (tertiary/aromatic N) is 1. The van der Waals surface area contributed by atoms with Crippen LogP contribution in [0.3, 0.4) is 0 Å². The van der Waals surface area contributed by atoms with Gasteiger partial charge in [-0.1, -0.05) is 320 Å². The molecule has 0 amide bonds. The molecule has 0 saturated heterocycles. The monoisotopic (exact) mass is 1150 g/mol. The summed E-state index contributed by atoms with van der Waals surface area (Å²) in [5.74, 6) is -0.776. The number of hydrogen-bond donors (Lipinski definition) is 1. The molecule has 472 valence electrons. The lowest BCUT2D eigenvalue weighted by Crippen LogP contribution is -2.37. The first-order chi connectivity index (χ1) is 39.0. The standard InChI is InChI=1S/C70H134NO8P/c1-6-8-10-12-14-16-18-20-22-24-26-28-30-32-33-34-35-36-37-39-41-43-45-47-49-51-53-55-57-59-61-63-70(73)79-68(67-78-80(74,75)77-65-64-71(3,4)5)66-76-69(72)62-60-58-56-54-52-50-48-46-44-42-40-38-31-29-27-25-23-21-19-17-15-13-11-9-7-2/h18,20,24,26,30,32,68H,6-17,19,21-23,25,27-29,31,33-67H2,1-5H3/p+1/b20-18-,26-24-,32-30-. The van der Waals surface area contributed by atoms with Gasteiger partial charge in [0, 0.05) is 12.8 Å². The quantitative estimate of drug-likeness (QED) is 0.0211. The van der Waals surface area contributed by atoms with Gasteiger partial charge in [0.15, 0.2) is 6.10 Å². The maximum Gasteiger partial charge on any atom is 0.472 e. The Bertz CT molecular complexity index is 1440. The second-order valence-electron chi connectivity index (χ2n) is 24.9. The molecule has 0 rings (SSSR count). The molecular formula is C70H135NO8P+. The molecule has 0 aromatic carbocycles. The lowest BCUT2D eigenvalue weighted by atomic mass is 10.0. The summed E-state index contributed by atoms with van der Waals surface area (Å²) in [7, 11) is 1.50. The maximum atomic E-state index is 12.9. The van der Waals surface area contributed by atoms with E-state index < -0.39 is 26.5 Å². The number of quaternary nitrogens is 1. The Kier molecular flexibility index (Phi) is 60.4. The van der Waals surface area contributed by atoms with Crippen LogP contribution in [0.25, 0.3) is 0 Å². The Morgan fingerprint density at radius 2 is 0.675 bits per heavy atom. The third-order valence-electron chi connectivity index (χ3n) is 15.7. The van der Waals surface area contributed by atoms with Gasteiger partial charge in [-0.25, -0.2) is 4.57 Å². The molecule has 0 aliphatic heterocycles. The number of rotatable bonds is 65. The van der Waals surface area contributed by atoms with Gasteiger partial charge in [-0.3, -0.25) is 18.6 Å². The molecule has 9 nitrogen and oxygen atoms in total. The lowest BCUT2D eigenvalue weighted by Gasteiger charge is -2.24. The topological polar surface area (TPSA) is 108 Å². The molecule has 0 heterocycles. The highest BCUT2D eigenvalue weighted by molar-refractivity contribution is 7.47. The summed E-state index contributed by atoms with van der Waals surface area (Å²) in [6.07, 6.45) is 78.2. The van der Waals surface area contributed by atoms with Crippen molar-refractivity contribution in [1.29, 1.82) is 0 Å². The van der Waals surface area contributed by atoms with Crippen LogP contribution >= 0.6 is 7.82 Å². The molecule has 0 aromatic rings. The highest BCUT2D eigenvalue weighted by Crippen LogP contribution is 2.43. The van der Waals surface area contributed by atoms with Crippen molar-refractivity contribution in [3.8, 4) is 0 Å². The van der Waals surface area contributed by atoms with Crippen LogP contribution in [0.1, 0.15) is 348 Å². The summed E-state index contributed by atoms with van der Waals surface area (Å²) in [4.78, 5) is 35.9. The Hall–Kier alpha value is -1.77.